The predicted octanol–water partition coefficient (Wildman–Crippen LogP) is 2.17. The number of carboxylic acid groups (broad SMARTS) is 1. The number of rotatable bonds is 8. The van der Waals surface area contributed by atoms with Crippen molar-refractivity contribution in [1.82, 2.24) is 9.80 Å². The van der Waals surface area contributed by atoms with Crippen LogP contribution in [0.2, 0.25) is 0 Å². The van der Waals surface area contributed by atoms with Crippen molar-refractivity contribution in [2.45, 2.75) is 26.4 Å². The van der Waals surface area contributed by atoms with Crippen molar-refractivity contribution in [3.05, 3.63) is 29.3 Å². The van der Waals surface area contributed by atoms with E-state index in [9.17, 15) is 4.79 Å². The minimum Gasteiger partial charge on any atom is -0.496 e. The Hall–Kier alpha value is -1.59. The lowest BCUT2D eigenvalue weighted by Gasteiger charge is -2.30. The summed E-state index contributed by atoms with van der Waals surface area (Å²) in [6, 6.07) is 5.38. The number of methoxy groups -OCH3 is 1. The second-order valence-electron chi connectivity index (χ2n) is 5.51. The van der Waals surface area contributed by atoms with Crippen LogP contribution in [-0.2, 0) is 6.54 Å². The lowest BCUT2D eigenvalue weighted by Crippen LogP contribution is -2.39. The number of hydrogen-bond acceptors (Lipinski definition) is 4. The van der Waals surface area contributed by atoms with Crippen LogP contribution < -0.4 is 4.74 Å². The molecule has 0 aliphatic rings. The minimum atomic E-state index is -0.914. The number of benzene rings is 1. The molecule has 0 spiro atoms. The fourth-order valence-electron chi connectivity index (χ4n) is 2.48. The van der Waals surface area contributed by atoms with Crippen LogP contribution in [0, 0.1) is 0 Å². The molecule has 0 aliphatic heterocycles. The van der Waals surface area contributed by atoms with E-state index < -0.39 is 5.97 Å². The molecule has 118 valence electrons. The summed E-state index contributed by atoms with van der Waals surface area (Å²) < 4.78 is 5.36. The Bertz CT molecular complexity index is 475. The largest absolute Gasteiger partial charge is 0.496 e. The van der Waals surface area contributed by atoms with Gasteiger partial charge in [-0.2, -0.15) is 0 Å². The molecule has 1 N–H and O–H groups in total. The van der Waals surface area contributed by atoms with Gasteiger partial charge in [0.25, 0.3) is 0 Å². The Morgan fingerprint density at radius 3 is 2.52 bits per heavy atom. The maximum absolute atomic E-state index is 11.1. The molecular formula is C16H26N2O3. The SMILES string of the molecule is CCN(Cc1cc(C(=O)O)ccc1OC)C(C)CN(C)C. The number of carboxylic acids is 1. The van der Waals surface area contributed by atoms with Crippen LogP contribution in [0.1, 0.15) is 29.8 Å². The van der Waals surface area contributed by atoms with Crippen molar-refractivity contribution in [2.75, 3.05) is 34.3 Å². The Labute approximate surface area is 127 Å². The van der Waals surface area contributed by atoms with E-state index in [1.165, 1.54) is 0 Å². The summed E-state index contributed by atoms with van der Waals surface area (Å²) in [5, 5.41) is 9.13. The molecule has 0 fully saturated rings. The average molecular weight is 294 g/mol. The van der Waals surface area contributed by atoms with Gasteiger partial charge in [-0.25, -0.2) is 4.79 Å². The second kappa shape index (κ2) is 8.00. The summed E-state index contributed by atoms with van der Waals surface area (Å²) in [6.07, 6.45) is 0. The molecule has 0 radical (unpaired) electrons. The van der Waals surface area contributed by atoms with E-state index in [1.54, 1.807) is 25.3 Å². The summed E-state index contributed by atoms with van der Waals surface area (Å²) in [4.78, 5) is 15.6. The molecule has 0 heterocycles. The lowest BCUT2D eigenvalue weighted by atomic mass is 10.1. The van der Waals surface area contributed by atoms with Crippen LogP contribution in [-0.4, -0.2) is 61.2 Å². The normalized spacial score (nSPS) is 12.7. The molecule has 1 rings (SSSR count). The maximum Gasteiger partial charge on any atom is 0.335 e. The molecule has 21 heavy (non-hydrogen) atoms. The molecule has 5 nitrogen and oxygen atoms in total. The Kier molecular flexibility index (Phi) is 6.65. The van der Waals surface area contributed by atoms with Gasteiger partial charge < -0.3 is 14.7 Å². The molecule has 0 amide bonds. The summed E-state index contributed by atoms with van der Waals surface area (Å²) in [7, 11) is 5.71. The molecule has 5 heteroatoms. The molecule has 0 aromatic heterocycles. The smallest absolute Gasteiger partial charge is 0.335 e. The van der Waals surface area contributed by atoms with Crippen LogP contribution >= 0.6 is 0 Å². The molecule has 0 bridgehead atoms. The van der Waals surface area contributed by atoms with Gasteiger partial charge in [-0.05, 0) is 45.8 Å². The zero-order chi connectivity index (χ0) is 16.0. The first-order chi connectivity index (χ1) is 9.88. The van der Waals surface area contributed by atoms with Gasteiger partial charge in [0.2, 0.25) is 0 Å². The zero-order valence-corrected chi connectivity index (χ0v) is 13.6. The number of aromatic carboxylic acids is 1. The highest BCUT2D eigenvalue weighted by atomic mass is 16.5. The number of ether oxygens (including phenoxy) is 1. The summed E-state index contributed by atoms with van der Waals surface area (Å²) in [5.74, 6) is -0.182. The quantitative estimate of drug-likeness (QED) is 0.796. The standard InChI is InChI=1S/C16H26N2O3/c1-6-18(12(2)10-17(3)4)11-14-9-13(16(19)20)7-8-15(14)21-5/h7-9,12H,6,10-11H2,1-5H3,(H,19,20). The number of carbonyl (C=O) groups is 1. The molecule has 1 aromatic rings. The van der Waals surface area contributed by atoms with E-state index in [0.29, 0.717) is 18.2 Å². The van der Waals surface area contributed by atoms with E-state index in [-0.39, 0.29) is 0 Å². The molecule has 0 saturated heterocycles. The Balaban J connectivity index is 2.97. The number of likely N-dealkylation sites (N-methyl/N-ethyl adjacent to an activating group) is 2. The first-order valence-electron chi connectivity index (χ1n) is 7.18. The second-order valence-corrected chi connectivity index (χ2v) is 5.51. The third kappa shape index (κ3) is 5.02. The van der Waals surface area contributed by atoms with Crippen molar-refractivity contribution in [3.63, 3.8) is 0 Å². The van der Waals surface area contributed by atoms with Gasteiger partial charge in [0.1, 0.15) is 5.75 Å². The third-order valence-electron chi connectivity index (χ3n) is 3.56. The van der Waals surface area contributed by atoms with Crippen molar-refractivity contribution in [1.29, 1.82) is 0 Å². The van der Waals surface area contributed by atoms with E-state index in [2.05, 4.69) is 37.7 Å². The first kappa shape index (κ1) is 17.5. The van der Waals surface area contributed by atoms with Crippen molar-refractivity contribution in [2.24, 2.45) is 0 Å². The third-order valence-corrected chi connectivity index (χ3v) is 3.56. The highest BCUT2D eigenvalue weighted by molar-refractivity contribution is 5.88. The van der Waals surface area contributed by atoms with Crippen LogP contribution in [0.25, 0.3) is 0 Å². The van der Waals surface area contributed by atoms with Gasteiger partial charge in [-0.3, -0.25) is 4.90 Å². The monoisotopic (exact) mass is 294 g/mol. The molecular weight excluding hydrogens is 268 g/mol. The molecule has 0 aliphatic carbocycles. The van der Waals surface area contributed by atoms with Gasteiger partial charge >= 0.3 is 5.97 Å². The van der Waals surface area contributed by atoms with E-state index in [0.717, 1.165) is 24.4 Å². The van der Waals surface area contributed by atoms with Crippen LogP contribution in [0.3, 0.4) is 0 Å². The number of nitrogens with zero attached hydrogens (tertiary/aromatic N) is 2. The van der Waals surface area contributed by atoms with Gasteiger partial charge in [0, 0.05) is 24.7 Å². The van der Waals surface area contributed by atoms with Crippen LogP contribution in [0.4, 0.5) is 0 Å². The van der Waals surface area contributed by atoms with Crippen molar-refractivity contribution in [3.8, 4) is 5.75 Å². The van der Waals surface area contributed by atoms with Crippen molar-refractivity contribution < 1.29 is 14.6 Å². The van der Waals surface area contributed by atoms with Gasteiger partial charge in [0.15, 0.2) is 0 Å². The lowest BCUT2D eigenvalue weighted by molar-refractivity contribution is 0.0696. The topological polar surface area (TPSA) is 53.0 Å². The minimum absolute atomic E-state index is 0.294. The highest BCUT2D eigenvalue weighted by Gasteiger charge is 2.16. The summed E-state index contributed by atoms with van der Waals surface area (Å²) >= 11 is 0. The van der Waals surface area contributed by atoms with E-state index in [4.69, 9.17) is 9.84 Å². The average Bonchev–Trinajstić information content (AvgIpc) is 2.43. The molecule has 1 unspecified atom stereocenters. The first-order valence-corrected chi connectivity index (χ1v) is 7.18. The van der Waals surface area contributed by atoms with E-state index >= 15 is 0 Å². The molecule has 0 saturated carbocycles. The molecule has 1 aromatic carbocycles. The highest BCUT2D eigenvalue weighted by Crippen LogP contribution is 2.22. The van der Waals surface area contributed by atoms with Crippen molar-refractivity contribution >= 4 is 5.97 Å². The zero-order valence-electron chi connectivity index (χ0n) is 13.6. The Morgan fingerprint density at radius 1 is 1.38 bits per heavy atom. The fourth-order valence-corrected chi connectivity index (χ4v) is 2.48. The van der Waals surface area contributed by atoms with Gasteiger partial charge in [-0.1, -0.05) is 6.92 Å². The summed E-state index contributed by atoms with van der Waals surface area (Å²) in [5.41, 5.74) is 1.20. The summed E-state index contributed by atoms with van der Waals surface area (Å²) in [6.45, 7) is 6.82. The fraction of sp³-hybridized carbons (Fsp3) is 0.562. The maximum atomic E-state index is 11.1. The predicted molar refractivity (Wildman–Crippen MR) is 84.1 cm³/mol. The van der Waals surface area contributed by atoms with Gasteiger partial charge in [-0.15, -0.1) is 0 Å². The Morgan fingerprint density at radius 2 is 2.05 bits per heavy atom. The van der Waals surface area contributed by atoms with Gasteiger partial charge in [0.05, 0.1) is 12.7 Å². The van der Waals surface area contributed by atoms with Crippen LogP contribution in [0.15, 0.2) is 18.2 Å². The van der Waals surface area contributed by atoms with E-state index in [1.807, 2.05) is 0 Å². The van der Waals surface area contributed by atoms with Crippen LogP contribution in [0.5, 0.6) is 5.75 Å². The number of hydrogen-bond donors (Lipinski definition) is 1. The molecule has 1 atom stereocenters.